The third-order valence-electron chi connectivity index (χ3n) is 6.08. The van der Waals surface area contributed by atoms with Crippen molar-refractivity contribution in [1.82, 2.24) is 9.80 Å². The van der Waals surface area contributed by atoms with E-state index in [0.29, 0.717) is 25.0 Å². The lowest BCUT2D eigenvalue weighted by molar-refractivity contribution is -0.133. The number of unbranched alkanes of at least 4 members (excludes halogenated alkanes) is 5. The normalized spacial score (nSPS) is 15.4. The monoisotopic (exact) mass is 408 g/mol. The van der Waals surface area contributed by atoms with Crippen LogP contribution in [0.25, 0.3) is 0 Å². The minimum atomic E-state index is 0.239. The van der Waals surface area contributed by atoms with E-state index >= 15 is 0 Å². The average Bonchev–Trinajstić information content (AvgIpc) is 2.68. The van der Waals surface area contributed by atoms with E-state index in [1.54, 1.807) is 0 Å². The standard InChI is InChI=1S/C25H48N2O2/c1-22(2)12-9-7-5-6-8-10-13-24(28)14-11-15-25(29)27-20-18-26(19-21-27)17-16-23(3)4/h22-23H,5-21H2,1-4H3. The van der Waals surface area contributed by atoms with Gasteiger partial charge in [-0.15, -0.1) is 0 Å². The second kappa shape index (κ2) is 15.9. The first-order valence-electron chi connectivity index (χ1n) is 12.4. The van der Waals surface area contributed by atoms with Gasteiger partial charge in [-0.2, -0.15) is 0 Å². The molecule has 1 fully saturated rings. The Hall–Kier alpha value is -0.900. The number of hydrogen-bond donors (Lipinski definition) is 0. The first kappa shape index (κ1) is 26.1. The van der Waals surface area contributed by atoms with Crippen LogP contribution in [-0.4, -0.2) is 54.2 Å². The summed E-state index contributed by atoms with van der Waals surface area (Å²) in [6.07, 6.45) is 12.5. The predicted octanol–water partition coefficient (Wildman–Crippen LogP) is 5.69. The molecule has 4 nitrogen and oxygen atoms in total. The van der Waals surface area contributed by atoms with Gasteiger partial charge in [0, 0.05) is 45.4 Å². The molecular formula is C25H48N2O2. The maximum absolute atomic E-state index is 12.4. The molecule has 1 rings (SSSR count). The summed E-state index contributed by atoms with van der Waals surface area (Å²) in [5.41, 5.74) is 0. The maximum atomic E-state index is 12.4. The zero-order valence-electron chi connectivity index (χ0n) is 19.9. The minimum Gasteiger partial charge on any atom is -0.340 e. The second-order valence-corrected chi connectivity index (χ2v) is 9.85. The van der Waals surface area contributed by atoms with Gasteiger partial charge in [-0.25, -0.2) is 0 Å². The van der Waals surface area contributed by atoms with Crippen LogP contribution in [0.2, 0.25) is 0 Å². The zero-order chi connectivity index (χ0) is 21.5. The second-order valence-electron chi connectivity index (χ2n) is 9.85. The van der Waals surface area contributed by atoms with Gasteiger partial charge < -0.3 is 4.90 Å². The van der Waals surface area contributed by atoms with Crippen molar-refractivity contribution in [2.45, 2.75) is 105 Å². The van der Waals surface area contributed by atoms with Gasteiger partial charge in [0.2, 0.25) is 5.91 Å². The first-order chi connectivity index (χ1) is 13.9. The van der Waals surface area contributed by atoms with Gasteiger partial charge >= 0.3 is 0 Å². The number of nitrogens with zero attached hydrogens (tertiary/aromatic N) is 2. The van der Waals surface area contributed by atoms with Crippen molar-refractivity contribution in [2.24, 2.45) is 11.8 Å². The van der Waals surface area contributed by atoms with Crippen LogP contribution in [0.1, 0.15) is 105 Å². The largest absolute Gasteiger partial charge is 0.340 e. The molecule has 0 aromatic rings. The van der Waals surface area contributed by atoms with Crippen molar-refractivity contribution < 1.29 is 9.59 Å². The molecule has 4 heteroatoms. The fraction of sp³-hybridized carbons (Fsp3) is 0.920. The van der Waals surface area contributed by atoms with Crippen LogP contribution < -0.4 is 0 Å². The molecule has 29 heavy (non-hydrogen) atoms. The number of rotatable bonds is 16. The Morgan fingerprint density at radius 1 is 0.655 bits per heavy atom. The highest BCUT2D eigenvalue weighted by Gasteiger charge is 2.20. The lowest BCUT2D eigenvalue weighted by atomic mass is 10.0. The Morgan fingerprint density at radius 3 is 1.83 bits per heavy atom. The highest BCUT2D eigenvalue weighted by molar-refractivity contribution is 5.80. The van der Waals surface area contributed by atoms with Crippen LogP contribution in [-0.2, 0) is 9.59 Å². The fourth-order valence-electron chi connectivity index (χ4n) is 3.96. The molecule has 0 bridgehead atoms. The summed E-state index contributed by atoms with van der Waals surface area (Å²) in [5, 5.41) is 0. The fourth-order valence-corrected chi connectivity index (χ4v) is 3.96. The minimum absolute atomic E-state index is 0.239. The molecule has 0 N–H and O–H groups in total. The summed E-state index contributed by atoms with van der Waals surface area (Å²) in [7, 11) is 0. The van der Waals surface area contributed by atoms with Crippen molar-refractivity contribution in [3.63, 3.8) is 0 Å². The molecule has 1 aliphatic rings. The van der Waals surface area contributed by atoms with E-state index < -0.39 is 0 Å². The number of carbonyl (C=O) groups excluding carboxylic acids is 2. The third kappa shape index (κ3) is 13.9. The number of ketones is 1. The summed E-state index contributed by atoms with van der Waals surface area (Å²) < 4.78 is 0. The summed E-state index contributed by atoms with van der Waals surface area (Å²) in [5.74, 6) is 2.14. The number of piperazine rings is 1. The Balaban J connectivity index is 1.98. The molecule has 0 unspecified atom stereocenters. The molecule has 0 saturated carbocycles. The van der Waals surface area contributed by atoms with Crippen molar-refractivity contribution in [3.05, 3.63) is 0 Å². The summed E-state index contributed by atoms with van der Waals surface area (Å²) >= 11 is 0. The van der Waals surface area contributed by atoms with Gasteiger partial charge in [-0.3, -0.25) is 14.5 Å². The van der Waals surface area contributed by atoms with Crippen molar-refractivity contribution in [2.75, 3.05) is 32.7 Å². The van der Waals surface area contributed by atoms with Gasteiger partial charge in [0.1, 0.15) is 5.78 Å². The summed E-state index contributed by atoms with van der Waals surface area (Å²) in [4.78, 5) is 28.9. The van der Waals surface area contributed by atoms with Gasteiger partial charge in [-0.05, 0) is 37.6 Å². The third-order valence-corrected chi connectivity index (χ3v) is 6.08. The van der Waals surface area contributed by atoms with E-state index in [0.717, 1.165) is 57.4 Å². The molecule has 0 spiro atoms. The molecule has 1 amide bonds. The van der Waals surface area contributed by atoms with Gasteiger partial charge in [0.15, 0.2) is 0 Å². The molecule has 0 aromatic heterocycles. The summed E-state index contributed by atoms with van der Waals surface area (Å²) in [6.45, 7) is 13.9. The Morgan fingerprint density at radius 2 is 1.21 bits per heavy atom. The van der Waals surface area contributed by atoms with Crippen LogP contribution in [0.4, 0.5) is 0 Å². The van der Waals surface area contributed by atoms with Crippen LogP contribution in [0, 0.1) is 11.8 Å². The molecule has 0 aliphatic carbocycles. The smallest absolute Gasteiger partial charge is 0.222 e. The van der Waals surface area contributed by atoms with Crippen molar-refractivity contribution >= 4 is 11.7 Å². The zero-order valence-corrected chi connectivity index (χ0v) is 19.9. The van der Waals surface area contributed by atoms with E-state index in [9.17, 15) is 9.59 Å². The highest BCUT2D eigenvalue weighted by Crippen LogP contribution is 2.13. The van der Waals surface area contributed by atoms with Crippen molar-refractivity contribution in [1.29, 1.82) is 0 Å². The molecule has 0 aromatic carbocycles. The van der Waals surface area contributed by atoms with Crippen LogP contribution >= 0.6 is 0 Å². The Labute approximate surface area is 180 Å². The highest BCUT2D eigenvalue weighted by atomic mass is 16.2. The SMILES string of the molecule is CC(C)CCCCCCCCC(=O)CCCC(=O)N1CCN(CCC(C)C)CC1. The molecule has 1 aliphatic heterocycles. The van der Waals surface area contributed by atoms with E-state index in [-0.39, 0.29) is 5.91 Å². The van der Waals surface area contributed by atoms with E-state index in [1.165, 1.54) is 44.9 Å². The van der Waals surface area contributed by atoms with Gasteiger partial charge in [-0.1, -0.05) is 66.2 Å². The number of hydrogen-bond acceptors (Lipinski definition) is 3. The Bertz CT molecular complexity index is 440. The first-order valence-corrected chi connectivity index (χ1v) is 12.4. The lowest BCUT2D eigenvalue weighted by Gasteiger charge is -2.35. The van der Waals surface area contributed by atoms with E-state index in [2.05, 4.69) is 32.6 Å². The Kier molecular flexibility index (Phi) is 14.3. The van der Waals surface area contributed by atoms with E-state index in [4.69, 9.17) is 0 Å². The predicted molar refractivity (Wildman–Crippen MR) is 123 cm³/mol. The molecule has 1 heterocycles. The van der Waals surface area contributed by atoms with Gasteiger partial charge in [0.05, 0.1) is 0 Å². The maximum Gasteiger partial charge on any atom is 0.222 e. The van der Waals surface area contributed by atoms with Crippen LogP contribution in [0.5, 0.6) is 0 Å². The number of amides is 1. The lowest BCUT2D eigenvalue weighted by Crippen LogP contribution is -2.48. The summed E-state index contributed by atoms with van der Waals surface area (Å²) in [6, 6.07) is 0. The molecule has 0 radical (unpaired) electrons. The van der Waals surface area contributed by atoms with E-state index in [1.807, 2.05) is 4.90 Å². The molecular weight excluding hydrogens is 360 g/mol. The van der Waals surface area contributed by atoms with Crippen LogP contribution in [0.3, 0.4) is 0 Å². The molecule has 170 valence electrons. The average molecular weight is 409 g/mol. The van der Waals surface area contributed by atoms with Crippen LogP contribution in [0.15, 0.2) is 0 Å². The van der Waals surface area contributed by atoms with Gasteiger partial charge in [0.25, 0.3) is 0 Å². The number of carbonyl (C=O) groups is 2. The number of Topliss-reactive ketones (excluding diaryl/α,β-unsaturated/α-hetero) is 1. The quantitative estimate of drug-likeness (QED) is 0.308. The topological polar surface area (TPSA) is 40.6 Å². The van der Waals surface area contributed by atoms with Crippen molar-refractivity contribution in [3.8, 4) is 0 Å². The molecule has 1 saturated heterocycles. The molecule has 0 atom stereocenters.